The quantitative estimate of drug-likeness (QED) is 0.628. The number of morpholine rings is 1. The smallest absolute Gasteiger partial charge is 0.316 e. The average Bonchev–Trinajstić information content (AvgIpc) is 3.32. The number of epoxide rings is 1. The van der Waals surface area contributed by atoms with Crippen LogP contribution in [-0.4, -0.2) is 60.0 Å². The number of esters is 1. The van der Waals surface area contributed by atoms with Gasteiger partial charge in [0.25, 0.3) is 0 Å². The van der Waals surface area contributed by atoms with Gasteiger partial charge in [-0.25, -0.2) is 0 Å². The van der Waals surface area contributed by atoms with Gasteiger partial charge in [0.15, 0.2) is 0 Å². The van der Waals surface area contributed by atoms with Gasteiger partial charge in [-0.15, -0.1) is 17.0 Å². The maximum Gasteiger partial charge on any atom is 0.316 e. The van der Waals surface area contributed by atoms with Crippen LogP contribution in [-0.2, 0) is 14.3 Å². The molecule has 3 aliphatic heterocycles. The molecular formula is C17H22BrNO4. The van der Waals surface area contributed by atoms with E-state index in [9.17, 15) is 9.90 Å². The summed E-state index contributed by atoms with van der Waals surface area (Å²) in [7, 11) is 0.273. The Morgan fingerprint density at radius 2 is 2.04 bits per heavy atom. The molecule has 0 spiro atoms. The third kappa shape index (κ3) is 2.93. The number of hydrogen-bond acceptors (Lipinski definition) is 5. The number of aliphatic hydroxyl groups excluding tert-OH is 1. The van der Waals surface area contributed by atoms with E-state index in [1.54, 1.807) is 0 Å². The second kappa shape index (κ2) is 6.51. The van der Waals surface area contributed by atoms with Crippen LogP contribution >= 0.6 is 17.0 Å². The zero-order chi connectivity index (χ0) is 16.0. The molecule has 0 aliphatic carbocycles. The van der Waals surface area contributed by atoms with Gasteiger partial charge in [0.05, 0.1) is 6.61 Å². The third-order valence-corrected chi connectivity index (χ3v) is 5.13. The maximum absolute atomic E-state index is 12.5. The Morgan fingerprint density at radius 3 is 2.61 bits per heavy atom. The zero-order valence-corrected chi connectivity index (χ0v) is 14.4. The summed E-state index contributed by atoms with van der Waals surface area (Å²) in [5.74, 6) is -0.995. The van der Waals surface area contributed by atoms with E-state index in [0.29, 0.717) is 0 Å². The number of carbonyl (C=O) groups excluding carboxylic acids is 1. The molecule has 5 nitrogen and oxygen atoms in total. The number of rotatable bonds is 4. The van der Waals surface area contributed by atoms with E-state index < -0.39 is 5.92 Å². The van der Waals surface area contributed by atoms with Gasteiger partial charge < -0.3 is 14.6 Å². The zero-order valence-electron chi connectivity index (χ0n) is 13.7. The number of likely N-dealkylation sites (N-methyl/N-ethyl adjacent to an activating group) is 1. The number of fused-ring (bicyclic) bond motifs is 5. The van der Waals surface area contributed by atoms with Crippen LogP contribution in [0.1, 0.15) is 25.7 Å². The van der Waals surface area contributed by atoms with Gasteiger partial charge in [0.2, 0.25) is 0 Å². The molecule has 6 heteroatoms. The molecule has 0 aromatic heterocycles. The maximum atomic E-state index is 12.5. The number of halogens is 1. The highest BCUT2D eigenvalue weighted by molar-refractivity contribution is 8.93. The molecule has 3 aliphatic rings. The lowest BCUT2D eigenvalue weighted by Crippen LogP contribution is -2.48. The Hall–Kier alpha value is -0.950. The third-order valence-electron chi connectivity index (χ3n) is 5.13. The first-order chi connectivity index (χ1) is 11.2. The van der Waals surface area contributed by atoms with Gasteiger partial charge in [-0.1, -0.05) is 30.3 Å². The van der Waals surface area contributed by atoms with Crippen molar-refractivity contribution in [3.63, 3.8) is 0 Å². The van der Waals surface area contributed by atoms with Crippen LogP contribution in [0.2, 0.25) is 0 Å². The fraction of sp³-hybridized carbons (Fsp3) is 0.588. The minimum atomic E-state index is -0.631. The van der Waals surface area contributed by atoms with E-state index in [0.717, 1.165) is 18.4 Å². The molecule has 1 aromatic carbocycles. The van der Waals surface area contributed by atoms with E-state index in [1.165, 1.54) is 0 Å². The fourth-order valence-corrected chi connectivity index (χ4v) is 3.90. The Labute approximate surface area is 147 Å². The number of nitrogens with zero attached hydrogens (tertiary/aromatic N) is 1. The summed E-state index contributed by atoms with van der Waals surface area (Å²) in [5.41, 5.74) is 0.776. The molecular weight excluding hydrogens is 362 g/mol. The molecule has 23 heavy (non-hydrogen) atoms. The molecule has 3 fully saturated rings. The van der Waals surface area contributed by atoms with Gasteiger partial charge in [0.1, 0.15) is 24.2 Å². The topological polar surface area (TPSA) is 62.3 Å². The summed E-state index contributed by atoms with van der Waals surface area (Å²) >= 11 is 0. The van der Waals surface area contributed by atoms with Crippen LogP contribution in [0.4, 0.5) is 0 Å². The second-order valence-corrected chi connectivity index (χ2v) is 6.39. The monoisotopic (exact) mass is 385 g/mol. The molecule has 0 radical (unpaired) electrons. The van der Waals surface area contributed by atoms with Gasteiger partial charge >= 0.3 is 5.97 Å². The highest BCUT2D eigenvalue weighted by atomic mass is 79.9. The Kier molecular flexibility index (Phi) is 4.41. The molecule has 2 bridgehead atoms. The van der Waals surface area contributed by atoms with Crippen LogP contribution in [0.5, 0.6) is 0 Å². The van der Waals surface area contributed by atoms with Crippen molar-refractivity contribution < 1.29 is 20.7 Å². The number of benzene rings is 1. The molecule has 5 unspecified atom stereocenters. The minimum Gasteiger partial charge on any atom is -0.462 e. The summed E-state index contributed by atoms with van der Waals surface area (Å²) in [6, 6.07) is 9.63. The molecule has 0 amide bonds. The van der Waals surface area contributed by atoms with Crippen molar-refractivity contribution in [1.82, 2.24) is 4.90 Å². The summed E-state index contributed by atoms with van der Waals surface area (Å²) in [4.78, 5) is 14.6. The molecule has 5 atom stereocenters. The molecule has 3 saturated heterocycles. The standard InChI is InChI=1S/C17H21NO4.BrH/c1-18-13-7-11(8-14(18)16-15(13)22-16)21-17(20)12(9-19)10-5-3-2-4-6-10;/h2-6,11-16,19H,7-9H2,1H3;1H/i1T;. The Bertz CT molecular complexity index is 571. The van der Waals surface area contributed by atoms with E-state index >= 15 is 0 Å². The summed E-state index contributed by atoms with van der Waals surface area (Å²) in [6.07, 6.45) is 1.73. The van der Waals surface area contributed by atoms with Crippen LogP contribution in [0, 0.1) is 0 Å². The van der Waals surface area contributed by atoms with Crippen molar-refractivity contribution >= 4 is 23.0 Å². The van der Waals surface area contributed by atoms with Crippen LogP contribution in [0.15, 0.2) is 30.3 Å². The van der Waals surface area contributed by atoms with Crippen LogP contribution in [0.3, 0.4) is 0 Å². The van der Waals surface area contributed by atoms with Gasteiger partial charge in [-0.3, -0.25) is 9.69 Å². The molecule has 1 N–H and O–H groups in total. The molecule has 4 rings (SSSR count). The van der Waals surface area contributed by atoms with Crippen LogP contribution < -0.4 is 0 Å². The summed E-state index contributed by atoms with van der Waals surface area (Å²) in [6.45, 7) is -0.254. The molecule has 3 heterocycles. The van der Waals surface area contributed by atoms with Crippen molar-refractivity contribution in [2.24, 2.45) is 0 Å². The number of ether oxygens (including phenoxy) is 2. The number of piperidine rings is 1. The lowest BCUT2D eigenvalue weighted by Gasteiger charge is -2.38. The van der Waals surface area contributed by atoms with E-state index in [1.807, 2.05) is 30.3 Å². The summed E-state index contributed by atoms with van der Waals surface area (Å²) < 4.78 is 19.0. The molecule has 126 valence electrons. The van der Waals surface area contributed by atoms with E-state index in [-0.39, 0.29) is 67.0 Å². The van der Waals surface area contributed by atoms with Gasteiger partial charge in [-0.2, -0.15) is 0 Å². The molecule has 0 saturated carbocycles. The first kappa shape index (κ1) is 15.6. The second-order valence-electron chi connectivity index (χ2n) is 6.39. The number of hydrogen-bond donors (Lipinski definition) is 1. The predicted molar refractivity (Wildman–Crippen MR) is 89.7 cm³/mol. The van der Waals surface area contributed by atoms with Crippen molar-refractivity contribution in [3.05, 3.63) is 35.9 Å². The lowest BCUT2D eigenvalue weighted by molar-refractivity contribution is -0.156. The largest absolute Gasteiger partial charge is 0.462 e. The summed E-state index contributed by atoms with van der Waals surface area (Å²) in [5, 5.41) is 9.57. The lowest BCUT2D eigenvalue weighted by atomic mass is 9.97. The van der Waals surface area contributed by atoms with E-state index in [2.05, 4.69) is 4.90 Å². The van der Waals surface area contributed by atoms with Crippen LogP contribution in [0.25, 0.3) is 0 Å². The first-order valence-corrected chi connectivity index (χ1v) is 7.79. The number of carbonyl (C=O) groups is 1. The number of aliphatic hydroxyl groups is 1. The Morgan fingerprint density at radius 1 is 1.39 bits per heavy atom. The highest BCUT2D eigenvalue weighted by Gasteiger charge is 2.62. The predicted octanol–water partition coefficient (Wildman–Crippen LogP) is 1.50. The van der Waals surface area contributed by atoms with Crippen molar-refractivity contribution in [2.45, 2.75) is 49.2 Å². The minimum absolute atomic E-state index is 0. The first-order valence-electron chi connectivity index (χ1n) is 8.50. The van der Waals surface area contributed by atoms with E-state index in [4.69, 9.17) is 10.8 Å². The fourth-order valence-electron chi connectivity index (χ4n) is 3.90. The molecule has 1 aromatic rings. The highest BCUT2D eigenvalue weighted by Crippen LogP contribution is 2.48. The Balaban J connectivity index is 0.00000169. The van der Waals surface area contributed by atoms with Crippen molar-refractivity contribution in [3.8, 4) is 0 Å². The SMILES string of the molecule is Br.[3H]CN1C2CC(OC(=O)C(CO)c3ccccc3)CC1C1OC12. The average molecular weight is 386 g/mol. The van der Waals surface area contributed by atoms with Crippen molar-refractivity contribution in [2.75, 3.05) is 13.6 Å². The normalized spacial score (nSPS) is 36.4. The van der Waals surface area contributed by atoms with Gasteiger partial charge in [0, 0.05) is 26.3 Å². The van der Waals surface area contributed by atoms with Crippen molar-refractivity contribution in [1.29, 1.82) is 0 Å². The van der Waals surface area contributed by atoms with Gasteiger partial charge in [-0.05, 0) is 12.6 Å².